The van der Waals surface area contributed by atoms with Crippen LogP contribution in [0.3, 0.4) is 0 Å². The van der Waals surface area contributed by atoms with Crippen molar-refractivity contribution in [1.82, 2.24) is 15.1 Å². The number of carbonyl (C=O) groups excluding carboxylic acids is 3. The van der Waals surface area contributed by atoms with Gasteiger partial charge in [0, 0.05) is 12.6 Å². The van der Waals surface area contributed by atoms with Gasteiger partial charge in [-0.3, -0.25) is 14.5 Å². The molecule has 1 rings (SSSR count). The highest BCUT2D eigenvalue weighted by molar-refractivity contribution is 5.91. The largest absolute Gasteiger partial charge is 0.463 e. The van der Waals surface area contributed by atoms with E-state index in [0.717, 1.165) is 25.8 Å². The average molecular weight is 424 g/mol. The van der Waals surface area contributed by atoms with Crippen molar-refractivity contribution in [3.05, 3.63) is 11.6 Å². The first-order valence-electron chi connectivity index (χ1n) is 11.1. The summed E-state index contributed by atoms with van der Waals surface area (Å²) in [7, 11) is 3.68. The predicted molar refractivity (Wildman–Crippen MR) is 119 cm³/mol. The highest BCUT2D eigenvalue weighted by atomic mass is 16.5. The highest BCUT2D eigenvalue weighted by Crippen LogP contribution is 2.24. The Morgan fingerprint density at radius 3 is 2.37 bits per heavy atom. The summed E-state index contributed by atoms with van der Waals surface area (Å²) in [6, 6.07) is -1.12. The fourth-order valence-corrected chi connectivity index (χ4v) is 3.77. The molecule has 2 amide bonds. The number of nitrogens with zero attached hydrogens (tertiary/aromatic N) is 2. The minimum atomic E-state index is -0.657. The lowest BCUT2D eigenvalue weighted by atomic mass is 9.85. The number of likely N-dealkylation sites (N-methyl/N-ethyl adjacent to an activating group) is 2. The smallest absolute Gasteiger partial charge is 0.333 e. The molecule has 172 valence electrons. The zero-order valence-electron chi connectivity index (χ0n) is 20.1. The second-order valence-corrected chi connectivity index (χ2v) is 9.29. The first kappa shape index (κ1) is 26.1. The number of hydrogen-bond donors (Lipinski definition) is 1. The molecule has 0 aromatic rings. The maximum atomic E-state index is 13.4. The summed E-state index contributed by atoms with van der Waals surface area (Å²) in [4.78, 5) is 42.1. The number of carbonyl (C=O) groups is 3. The number of amides is 2. The van der Waals surface area contributed by atoms with Crippen molar-refractivity contribution in [2.75, 3.05) is 27.2 Å². The van der Waals surface area contributed by atoms with Crippen molar-refractivity contribution >= 4 is 17.8 Å². The Morgan fingerprint density at radius 2 is 1.87 bits per heavy atom. The maximum absolute atomic E-state index is 13.4. The van der Waals surface area contributed by atoms with Crippen LogP contribution in [0.4, 0.5) is 0 Å². The molecule has 1 N–H and O–H groups in total. The van der Waals surface area contributed by atoms with E-state index in [-0.39, 0.29) is 29.9 Å². The Morgan fingerprint density at radius 1 is 1.23 bits per heavy atom. The molecule has 30 heavy (non-hydrogen) atoms. The van der Waals surface area contributed by atoms with Gasteiger partial charge in [0.25, 0.3) is 0 Å². The van der Waals surface area contributed by atoms with Gasteiger partial charge in [0.1, 0.15) is 6.04 Å². The van der Waals surface area contributed by atoms with Crippen LogP contribution in [0.1, 0.15) is 67.2 Å². The van der Waals surface area contributed by atoms with Crippen LogP contribution >= 0.6 is 0 Å². The van der Waals surface area contributed by atoms with Crippen molar-refractivity contribution in [2.24, 2.45) is 5.41 Å². The molecule has 0 radical (unpaired) electrons. The third-order valence-corrected chi connectivity index (χ3v) is 5.78. The van der Waals surface area contributed by atoms with E-state index in [0.29, 0.717) is 18.6 Å². The molecular weight excluding hydrogens is 382 g/mol. The summed E-state index contributed by atoms with van der Waals surface area (Å²) < 4.78 is 5.05. The van der Waals surface area contributed by atoms with Gasteiger partial charge in [-0.2, -0.15) is 0 Å². The number of ether oxygens (including phenoxy) is 1. The molecule has 0 bridgehead atoms. The van der Waals surface area contributed by atoms with Crippen LogP contribution in [-0.4, -0.2) is 73.0 Å². The lowest BCUT2D eigenvalue weighted by Gasteiger charge is -2.38. The third kappa shape index (κ3) is 7.11. The Balaban J connectivity index is 3.02. The molecule has 7 nitrogen and oxygen atoms in total. The van der Waals surface area contributed by atoms with Crippen LogP contribution in [0.15, 0.2) is 11.6 Å². The molecule has 0 saturated carbocycles. The summed E-state index contributed by atoms with van der Waals surface area (Å²) in [5.74, 6) is -0.628. The minimum absolute atomic E-state index is 0.0924. The summed E-state index contributed by atoms with van der Waals surface area (Å²) in [5, 5.41) is 3.03. The van der Waals surface area contributed by atoms with Gasteiger partial charge in [0.15, 0.2) is 0 Å². The number of piperidine rings is 1. The molecule has 0 aromatic carbocycles. The summed E-state index contributed by atoms with van der Waals surface area (Å²) in [6.07, 6.45) is 5.34. The second-order valence-electron chi connectivity index (χ2n) is 9.29. The van der Waals surface area contributed by atoms with Crippen molar-refractivity contribution < 1.29 is 19.1 Å². The van der Waals surface area contributed by atoms with Gasteiger partial charge in [-0.1, -0.05) is 40.2 Å². The first-order chi connectivity index (χ1) is 13.9. The SMILES string of the molecule is CCOC(=O)C(C)=C[C@H](CC)N(C)C(=O)[C@@H](NC(=O)C1CCCCN1C)C(C)(C)C. The van der Waals surface area contributed by atoms with Crippen molar-refractivity contribution in [3.63, 3.8) is 0 Å². The quantitative estimate of drug-likeness (QED) is 0.480. The predicted octanol–water partition coefficient (Wildman–Crippen LogP) is 2.75. The molecule has 0 aromatic heterocycles. The fourth-order valence-electron chi connectivity index (χ4n) is 3.77. The zero-order valence-corrected chi connectivity index (χ0v) is 20.1. The van der Waals surface area contributed by atoms with E-state index in [2.05, 4.69) is 10.2 Å². The van der Waals surface area contributed by atoms with E-state index in [4.69, 9.17) is 4.74 Å². The lowest BCUT2D eigenvalue weighted by Crippen LogP contribution is -2.59. The van der Waals surface area contributed by atoms with Crippen molar-refractivity contribution in [3.8, 4) is 0 Å². The van der Waals surface area contributed by atoms with E-state index >= 15 is 0 Å². The van der Waals surface area contributed by atoms with Crippen molar-refractivity contribution in [2.45, 2.75) is 85.4 Å². The molecule has 1 saturated heterocycles. The average Bonchev–Trinajstić information content (AvgIpc) is 2.68. The Bertz CT molecular complexity index is 639. The van der Waals surface area contributed by atoms with Crippen LogP contribution in [0.25, 0.3) is 0 Å². The number of rotatable bonds is 8. The van der Waals surface area contributed by atoms with E-state index in [1.54, 1.807) is 31.9 Å². The van der Waals surface area contributed by atoms with Gasteiger partial charge >= 0.3 is 5.97 Å². The highest BCUT2D eigenvalue weighted by Gasteiger charge is 2.38. The summed E-state index contributed by atoms with van der Waals surface area (Å²) in [6.45, 7) is 12.5. The first-order valence-corrected chi connectivity index (χ1v) is 11.1. The van der Waals surface area contributed by atoms with E-state index < -0.39 is 11.5 Å². The number of esters is 1. The second kappa shape index (κ2) is 11.5. The van der Waals surface area contributed by atoms with E-state index in [9.17, 15) is 14.4 Å². The maximum Gasteiger partial charge on any atom is 0.333 e. The van der Waals surface area contributed by atoms with Crippen LogP contribution in [-0.2, 0) is 19.1 Å². The summed E-state index contributed by atoms with van der Waals surface area (Å²) in [5.41, 5.74) is 0.0235. The van der Waals surface area contributed by atoms with Crippen LogP contribution in [0.5, 0.6) is 0 Å². The number of hydrogen-bond acceptors (Lipinski definition) is 5. The molecular formula is C23H41N3O4. The lowest BCUT2D eigenvalue weighted by molar-refractivity contribution is -0.141. The van der Waals surface area contributed by atoms with Crippen LogP contribution in [0, 0.1) is 5.41 Å². The van der Waals surface area contributed by atoms with Gasteiger partial charge in [-0.15, -0.1) is 0 Å². The standard InChI is InChI=1S/C23H41N3O4/c1-9-17(15-16(3)22(29)30-10-2)26(8)21(28)19(23(4,5)6)24-20(27)18-13-11-12-14-25(18)7/h15,17-19H,9-14H2,1-8H3,(H,24,27)/t17-,18?,19+/m0/s1. The van der Waals surface area contributed by atoms with Gasteiger partial charge in [0.2, 0.25) is 11.8 Å². The minimum Gasteiger partial charge on any atom is -0.463 e. The topological polar surface area (TPSA) is 79.0 Å². The third-order valence-electron chi connectivity index (χ3n) is 5.78. The van der Waals surface area contributed by atoms with Gasteiger partial charge in [-0.25, -0.2) is 4.79 Å². The van der Waals surface area contributed by atoms with Crippen LogP contribution in [0.2, 0.25) is 0 Å². The Hall–Kier alpha value is -1.89. The molecule has 0 spiro atoms. The van der Waals surface area contributed by atoms with Gasteiger partial charge in [0.05, 0.1) is 18.7 Å². The van der Waals surface area contributed by atoms with E-state index in [1.807, 2.05) is 34.7 Å². The van der Waals surface area contributed by atoms with Gasteiger partial charge in [-0.05, 0) is 52.1 Å². The molecule has 1 fully saturated rings. The molecule has 0 aliphatic carbocycles. The number of likely N-dealkylation sites (tertiary alicyclic amines) is 1. The Kier molecular flexibility index (Phi) is 10.0. The molecule has 3 atom stereocenters. The van der Waals surface area contributed by atoms with Crippen molar-refractivity contribution in [1.29, 1.82) is 0 Å². The molecule has 1 unspecified atom stereocenters. The Labute approximate surface area is 182 Å². The van der Waals surface area contributed by atoms with Crippen LogP contribution < -0.4 is 5.32 Å². The normalized spacial score (nSPS) is 20.3. The molecule has 1 aliphatic rings. The monoisotopic (exact) mass is 423 g/mol. The molecule has 1 heterocycles. The molecule has 1 aliphatic heterocycles. The fraction of sp³-hybridized carbons (Fsp3) is 0.783. The summed E-state index contributed by atoms with van der Waals surface area (Å²) >= 11 is 0. The number of nitrogens with one attached hydrogen (secondary N) is 1. The zero-order chi connectivity index (χ0) is 23.1. The van der Waals surface area contributed by atoms with Gasteiger partial charge < -0.3 is 15.0 Å². The van der Waals surface area contributed by atoms with E-state index in [1.165, 1.54) is 0 Å². The molecule has 7 heteroatoms.